The molecule has 1 fully saturated rings. The van der Waals surface area contributed by atoms with Crippen molar-refractivity contribution >= 4 is 32.4 Å². The van der Waals surface area contributed by atoms with Crippen LogP contribution in [0.2, 0.25) is 0 Å². The lowest BCUT2D eigenvalue weighted by Gasteiger charge is -2.22. The van der Waals surface area contributed by atoms with E-state index in [1.165, 1.54) is 0 Å². The van der Waals surface area contributed by atoms with E-state index in [1.54, 1.807) is 10.4 Å². The molecule has 3 aromatic carbocycles. The molecule has 1 aromatic heterocycles. The third kappa shape index (κ3) is 4.91. The highest BCUT2D eigenvalue weighted by molar-refractivity contribution is 7.89. The molecule has 1 saturated heterocycles. The fourth-order valence-corrected chi connectivity index (χ4v) is 6.10. The van der Waals surface area contributed by atoms with E-state index in [4.69, 9.17) is 9.97 Å². The summed E-state index contributed by atoms with van der Waals surface area (Å²) in [4.78, 5) is 12.0. The normalized spacial score (nSPS) is 15.7. The highest BCUT2D eigenvalue weighted by atomic mass is 32.2. The van der Waals surface area contributed by atoms with E-state index in [-0.39, 0.29) is 0 Å². The highest BCUT2D eigenvalue weighted by Crippen LogP contribution is 2.30. The molecule has 1 aliphatic rings. The van der Waals surface area contributed by atoms with Gasteiger partial charge in [-0.25, -0.2) is 18.4 Å². The van der Waals surface area contributed by atoms with Gasteiger partial charge in [0.25, 0.3) is 0 Å². The molecule has 0 unspecified atom stereocenters. The van der Waals surface area contributed by atoms with Gasteiger partial charge in [0.15, 0.2) is 5.82 Å². The van der Waals surface area contributed by atoms with Crippen LogP contribution < -0.4 is 5.32 Å². The Bertz CT molecular complexity index is 1460. The predicted molar refractivity (Wildman–Crippen MR) is 140 cm³/mol. The molecule has 180 valence electrons. The highest BCUT2D eigenvalue weighted by Gasteiger charge is 2.28. The van der Waals surface area contributed by atoms with Crippen molar-refractivity contribution in [3.63, 3.8) is 0 Å². The summed E-state index contributed by atoms with van der Waals surface area (Å²) in [5.41, 5.74) is 3.13. The molecule has 35 heavy (non-hydrogen) atoms. The maximum absolute atomic E-state index is 13.6. The zero-order chi connectivity index (χ0) is 24.4. The van der Waals surface area contributed by atoms with Crippen LogP contribution in [0.5, 0.6) is 0 Å². The van der Waals surface area contributed by atoms with Crippen LogP contribution >= 0.6 is 0 Å². The van der Waals surface area contributed by atoms with E-state index in [0.29, 0.717) is 35.3 Å². The zero-order valence-corrected chi connectivity index (χ0v) is 20.8. The van der Waals surface area contributed by atoms with Crippen molar-refractivity contribution in [3.8, 4) is 11.4 Å². The number of aryl methyl sites for hydroxylation is 1. The first-order valence-corrected chi connectivity index (χ1v) is 13.2. The van der Waals surface area contributed by atoms with E-state index in [1.807, 2.05) is 80.7 Å². The molecule has 0 radical (unpaired) electrons. The topological polar surface area (TPSA) is 78.4 Å². The largest absolute Gasteiger partial charge is 0.340 e. The lowest BCUT2D eigenvalue weighted by Crippen LogP contribution is -2.34. The van der Waals surface area contributed by atoms with Crippen LogP contribution in [0.4, 0.5) is 11.5 Å². The molecule has 0 aliphatic carbocycles. The maximum Gasteiger partial charge on any atom is 0.243 e. The number of rotatable bonds is 5. The van der Waals surface area contributed by atoms with Crippen LogP contribution in [0.1, 0.15) is 12.0 Å². The summed E-state index contributed by atoms with van der Waals surface area (Å²) in [6, 6.07) is 23.1. The second kappa shape index (κ2) is 9.73. The van der Waals surface area contributed by atoms with Gasteiger partial charge < -0.3 is 10.2 Å². The van der Waals surface area contributed by atoms with Gasteiger partial charge in [0, 0.05) is 36.3 Å². The number of nitrogens with one attached hydrogen (secondary N) is 1. The number of aromatic nitrogens is 2. The second-order valence-corrected chi connectivity index (χ2v) is 10.9. The van der Waals surface area contributed by atoms with E-state index in [0.717, 1.165) is 41.5 Å². The minimum absolute atomic E-state index is 0.327. The van der Waals surface area contributed by atoms with Crippen molar-refractivity contribution in [1.82, 2.24) is 19.2 Å². The molecule has 4 aromatic rings. The van der Waals surface area contributed by atoms with E-state index in [2.05, 4.69) is 10.2 Å². The summed E-state index contributed by atoms with van der Waals surface area (Å²) in [6.07, 6.45) is 0.821. The van der Waals surface area contributed by atoms with E-state index < -0.39 is 10.0 Å². The van der Waals surface area contributed by atoms with E-state index >= 15 is 0 Å². The number of para-hydroxylation sites is 1. The fraction of sp³-hybridized carbons (Fsp3) is 0.259. The van der Waals surface area contributed by atoms with Crippen LogP contribution in [-0.4, -0.2) is 60.8 Å². The van der Waals surface area contributed by atoms with Crippen molar-refractivity contribution in [3.05, 3.63) is 78.4 Å². The summed E-state index contributed by atoms with van der Waals surface area (Å²) in [5, 5.41) is 4.25. The molecule has 1 aliphatic heterocycles. The Kier molecular flexibility index (Phi) is 6.51. The second-order valence-electron chi connectivity index (χ2n) is 8.95. The molecule has 0 spiro atoms. The van der Waals surface area contributed by atoms with Crippen molar-refractivity contribution in [2.75, 3.05) is 38.5 Å². The lowest BCUT2D eigenvalue weighted by atomic mass is 10.1. The summed E-state index contributed by atoms with van der Waals surface area (Å²) < 4.78 is 28.8. The molecule has 8 heteroatoms. The van der Waals surface area contributed by atoms with Crippen LogP contribution in [0, 0.1) is 6.92 Å². The van der Waals surface area contributed by atoms with Gasteiger partial charge >= 0.3 is 0 Å². The minimum Gasteiger partial charge on any atom is -0.340 e. The summed E-state index contributed by atoms with van der Waals surface area (Å²) in [6.45, 7) is 4.49. The van der Waals surface area contributed by atoms with E-state index in [9.17, 15) is 8.42 Å². The average Bonchev–Trinajstić information content (AvgIpc) is 3.10. The first-order valence-electron chi connectivity index (χ1n) is 11.8. The SMILES string of the molecule is Cc1ccc(Nc2nc(-c3ccccc3)nc3ccccc23)cc1S(=O)(=O)N1CCCN(C)CC1. The Hall–Kier alpha value is -3.33. The Balaban J connectivity index is 1.53. The molecule has 5 rings (SSSR count). The Morgan fingerprint density at radius 2 is 1.63 bits per heavy atom. The fourth-order valence-electron chi connectivity index (χ4n) is 4.38. The number of hydrogen-bond acceptors (Lipinski definition) is 6. The van der Waals surface area contributed by atoms with Crippen molar-refractivity contribution in [1.29, 1.82) is 0 Å². The van der Waals surface area contributed by atoms with Gasteiger partial charge in [0.2, 0.25) is 10.0 Å². The molecular formula is C27H29N5O2S. The molecule has 0 atom stereocenters. The van der Waals surface area contributed by atoms with Crippen LogP contribution in [-0.2, 0) is 10.0 Å². The Labute approximate surface area is 206 Å². The first kappa shape index (κ1) is 23.4. The number of nitrogens with zero attached hydrogens (tertiary/aromatic N) is 4. The van der Waals surface area contributed by atoms with Gasteiger partial charge in [-0.05, 0) is 56.8 Å². The number of likely N-dealkylation sites (N-methyl/N-ethyl adjacent to an activating group) is 1. The van der Waals surface area contributed by atoms with Gasteiger partial charge in [-0.15, -0.1) is 0 Å². The molecule has 2 heterocycles. The maximum atomic E-state index is 13.6. The van der Waals surface area contributed by atoms with Crippen LogP contribution in [0.3, 0.4) is 0 Å². The van der Waals surface area contributed by atoms with Gasteiger partial charge in [-0.3, -0.25) is 0 Å². The van der Waals surface area contributed by atoms with Crippen molar-refractivity contribution < 1.29 is 8.42 Å². The third-order valence-electron chi connectivity index (χ3n) is 6.38. The lowest BCUT2D eigenvalue weighted by molar-refractivity contribution is 0.347. The number of hydrogen-bond donors (Lipinski definition) is 1. The average molecular weight is 488 g/mol. The van der Waals surface area contributed by atoms with Crippen LogP contribution in [0.15, 0.2) is 77.7 Å². The quantitative estimate of drug-likeness (QED) is 0.441. The van der Waals surface area contributed by atoms with Crippen LogP contribution in [0.25, 0.3) is 22.3 Å². The smallest absolute Gasteiger partial charge is 0.243 e. The van der Waals surface area contributed by atoms with Gasteiger partial charge in [-0.1, -0.05) is 48.5 Å². The van der Waals surface area contributed by atoms with Gasteiger partial charge in [-0.2, -0.15) is 4.31 Å². The van der Waals surface area contributed by atoms with Crippen molar-refractivity contribution in [2.24, 2.45) is 0 Å². The third-order valence-corrected chi connectivity index (χ3v) is 8.42. The number of sulfonamides is 1. The Morgan fingerprint density at radius 3 is 2.46 bits per heavy atom. The molecule has 0 saturated carbocycles. The van der Waals surface area contributed by atoms with Gasteiger partial charge in [0.1, 0.15) is 5.82 Å². The minimum atomic E-state index is -3.61. The zero-order valence-electron chi connectivity index (χ0n) is 20.0. The predicted octanol–water partition coefficient (Wildman–Crippen LogP) is 4.68. The molecular weight excluding hydrogens is 458 g/mol. The molecule has 0 amide bonds. The number of benzene rings is 3. The molecule has 1 N–H and O–H groups in total. The molecule has 7 nitrogen and oxygen atoms in total. The summed E-state index contributed by atoms with van der Waals surface area (Å²) in [7, 11) is -1.58. The molecule has 0 bridgehead atoms. The monoisotopic (exact) mass is 487 g/mol. The Morgan fingerprint density at radius 1 is 0.857 bits per heavy atom. The number of fused-ring (bicyclic) bond motifs is 1. The van der Waals surface area contributed by atoms with Gasteiger partial charge in [0.05, 0.1) is 10.4 Å². The summed E-state index contributed by atoms with van der Waals surface area (Å²) in [5.74, 6) is 1.25. The standard InChI is InChI=1S/C27H29N5O2S/c1-20-13-14-22(19-25(20)35(33,34)32-16-8-15-31(2)17-18-32)28-27-23-11-6-7-12-24(23)29-26(30-27)21-9-4-3-5-10-21/h3-7,9-14,19H,8,15-18H2,1-2H3,(H,28,29,30). The summed E-state index contributed by atoms with van der Waals surface area (Å²) >= 11 is 0. The van der Waals surface area contributed by atoms with Crippen molar-refractivity contribution in [2.45, 2.75) is 18.2 Å². The first-order chi connectivity index (χ1) is 16.9. The number of anilines is 2.